The van der Waals surface area contributed by atoms with Crippen molar-refractivity contribution in [2.45, 2.75) is 36.2 Å². The van der Waals surface area contributed by atoms with E-state index >= 15 is 9.59 Å². The molecule has 4 heterocycles. The molecule has 0 unspecified atom stereocenters. The average molecular weight is 720 g/mol. The highest BCUT2D eigenvalue weighted by Gasteiger charge is 2.74. The van der Waals surface area contributed by atoms with Crippen molar-refractivity contribution < 1.29 is 29.0 Å². The maximum Gasteiger partial charge on any atom is 0.324 e. The third-order valence-corrected chi connectivity index (χ3v) is 10.9. The zero-order valence-corrected chi connectivity index (χ0v) is 29.1. The lowest BCUT2D eigenvalue weighted by molar-refractivity contribution is -0.178. The van der Waals surface area contributed by atoms with Crippen LogP contribution in [0, 0.1) is 5.92 Å². The molecular formula is C43H37N5O6. The topological polar surface area (TPSA) is 146 Å². The molecule has 2 amide bonds. The van der Waals surface area contributed by atoms with Crippen molar-refractivity contribution in [1.82, 2.24) is 20.2 Å². The Labute approximate surface area is 310 Å². The minimum atomic E-state index is -1.60. The van der Waals surface area contributed by atoms with E-state index in [0.29, 0.717) is 28.4 Å². The van der Waals surface area contributed by atoms with Gasteiger partial charge in [-0.25, -0.2) is 4.98 Å². The molecule has 0 radical (unpaired) electrons. The lowest BCUT2D eigenvalue weighted by atomic mass is 9.65. The van der Waals surface area contributed by atoms with E-state index in [1.54, 1.807) is 6.07 Å². The van der Waals surface area contributed by atoms with Crippen LogP contribution in [0.1, 0.15) is 46.3 Å². The molecule has 6 atom stereocenters. The van der Waals surface area contributed by atoms with Crippen LogP contribution in [0.15, 0.2) is 133 Å². The van der Waals surface area contributed by atoms with Gasteiger partial charge in [-0.2, -0.15) is 0 Å². The zero-order chi connectivity index (χ0) is 36.8. The Hall–Kier alpha value is -6.30. The van der Waals surface area contributed by atoms with E-state index in [9.17, 15) is 9.90 Å². The summed E-state index contributed by atoms with van der Waals surface area (Å²) in [6.45, 7) is -0.0818. The number of aliphatic hydroxyl groups is 1. The van der Waals surface area contributed by atoms with Crippen LogP contribution < -0.4 is 15.4 Å². The number of amides is 2. The SMILES string of the molecule is O=C1O[C@@H](c2ccccc2)[C@@H](c2ccccc2)N2[C@@H](c3cccc(OCCO)c3)[C@]3(C(=O)Nc4ccccc43)[C@@H](C(=O)NCc3nc4ccccc4[nH]3)[C@H]12. The summed E-state index contributed by atoms with van der Waals surface area (Å²) < 4.78 is 12.4. The molecule has 11 heteroatoms. The number of aromatic nitrogens is 2. The number of carbonyl (C=O) groups is 3. The van der Waals surface area contributed by atoms with Gasteiger partial charge in [0.25, 0.3) is 0 Å². The predicted octanol–water partition coefficient (Wildman–Crippen LogP) is 5.52. The van der Waals surface area contributed by atoms with Crippen molar-refractivity contribution in [2.75, 3.05) is 18.5 Å². The Kier molecular flexibility index (Phi) is 8.44. The van der Waals surface area contributed by atoms with Crippen molar-refractivity contribution in [3.8, 4) is 5.75 Å². The highest BCUT2D eigenvalue weighted by atomic mass is 16.6. The monoisotopic (exact) mass is 719 g/mol. The number of aliphatic hydroxyl groups excluding tert-OH is 1. The molecule has 3 aliphatic heterocycles. The second kappa shape index (κ2) is 13.6. The maximum atomic E-state index is 15.1. The van der Waals surface area contributed by atoms with Gasteiger partial charge in [0.05, 0.1) is 42.2 Å². The number of aromatic amines is 1. The van der Waals surface area contributed by atoms with E-state index in [1.165, 1.54) is 0 Å². The molecule has 6 aromatic rings. The fraction of sp³-hybridized carbons (Fsp3) is 0.209. The Morgan fingerprint density at radius 1 is 0.833 bits per heavy atom. The average Bonchev–Trinajstić information content (AvgIpc) is 3.87. The minimum Gasteiger partial charge on any atom is -0.491 e. The van der Waals surface area contributed by atoms with Crippen LogP contribution in [0.2, 0.25) is 0 Å². The number of benzene rings is 5. The molecular weight excluding hydrogens is 683 g/mol. The number of ether oxygens (including phenoxy) is 2. The lowest BCUT2D eigenvalue weighted by Gasteiger charge is -2.46. The van der Waals surface area contributed by atoms with Gasteiger partial charge < -0.3 is 30.2 Å². The van der Waals surface area contributed by atoms with Gasteiger partial charge in [-0.15, -0.1) is 0 Å². The summed E-state index contributed by atoms with van der Waals surface area (Å²) in [5.41, 5.74) is 3.45. The number of carbonyl (C=O) groups excluding carboxylic acids is 3. The molecule has 270 valence electrons. The summed E-state index contributed by atoms with van der Waals surface area (Å²) >= 11 is 0. The molecule has 0 aliphatic carbocycles. The predicted molar refractivity (Wildman–Crippen MR) is 200 cm³/mol. The smallest absolute Gasteiger partial charge is 0.324 e. The van der Waals surface area contributed by atoms with Crippen LogP contribution in [0.25, 0.3) is 11.0 Å². The van der Waals surface area contributed by atoms with Crippen molar-refractivity contribution >= 4 is 34.5 Å². The third-order valence-electron chi connectivity index (χ3n) is 10.9. The molecule has 3 aliphatic rings. The van der Waals surface area contributed by atoms with Gasteiger partial charge in [0.1, 0.15) is 35.7 Å². The highest BCUT2D eigenvalue weighted by Crippen LogP contribution is 2.64. The van der Waals surface area contributed by atoms with Gasteiger partial charge in [-0.3, -0.25) is 19.3 Å². The number of nitrogens with zero attached hydrogens (tertiary/aromatic N) is 2. The van der Waals surface area contributed by atoms with Crippen molar-refractivity contribution in [1.29, 1.82) is 0 Å². The first-order valence-corrected chi connectivity index (χ1v) is 18.0. The van der Waals surface area contributed by atoms with Crippen LogP contribution in [-0.4, -0.2) is 57.0 Å². The number of cyclic esters (lactones) is 1. The first-order chi connectivity index (χ1) is 26.5. The largest absolute Gasteiger partial charge is 0.491 e. The van der Waals surface area contributed by atoms with E-state index < -0.39 is 53.3 Å². The third kappa shape index (κ3) is 5.35. The fourth-order valence-electron chi connectivity index (χ4n) is 8.86. The van der Waals surface area contributed by atoms with Crippen LogP contribution in [-0.2, 0) is 31.1 Å². The number of fused-ring (bicyclic) bond motifs is 4. The number of H-pyrrole nitrogens is 1. The normalized spacial score (nSPS) is 24.5. The summed E-state index contributed by atoms with van der Waals surface area (Å²) in [7, 11) is 0. The van der Waals surface area contributed by atoms with Crippen LogP contribution in [0.3, 0.4) is 0 Å². The molecule has 11 nitrogen and oxygen atoms in total. The molecule has 1 aromatic heterocycles. The Morgan fingerprint density at radius 3 is 2.31 bits per heavy atom. The number of anilines is 1. The first kappa shape index (κ1) is 33.5. The number of morpholine rings is 1. The summed E-state index contributed by atoms with van der Waals surface area (Å²) in [5.74, 6) is -1.72. The Bertz CT molecular complexity index is 2330. The van der Waals surface area contributed by atoms with E-state index in [0.717, 1.165) is 22.2 Å². The maximum absolute atomic E-state index is 15.1. The molecule has 1 spiro atoms. The summed E-state index contributed by atoms with van der Waals surface area (Å²) in [6.07, 6.45) is -0.775. The van der Waals surface area contributed by atoms with Crippen LogP contribution >= 0.6 is 0 Å². The summed E-state index contributed by atoms with van der Waals surface area (Å²) in [5, 5.41) is 15.7. The van der Waals surface area contributed by atoms with Crippen molar-refractivity contribution in [2.24, 2.45) is 5.92 Å². The fourth-order valence-corrected chi connectivity index (χ4v) is 8.86. The number of imidazole rings is 1. The molecule has 54 heavy (non-hydrogen) atoms. The second-order valence-corrected chi connectivity index (χ2v) is 13.8. The van der Waals surface area contributed by atoms with Gasteiger partial charge in [-0.1, -0.05) is 103 Å². The van der Waals surface area contributed by atoms with E-state index in [-0.39, 0.29) is 19.8 Å². The van der Waals surface area contributed by atoms with Gasteiger partial charge in [-0.05, 0) is 52.6 Å². The lowest BCUT2D eigenvalue weighted by Crippen LogP contribution is -2.54. The number of esters is 1. The molecule has 2 fully saturated rings. The van der Waals surface area contributed by atoms with E-state index in [1.807, 2.05) is 132 Å². The van der Waals surface area contributed by atoms with Crippen LogP contribution in [0.5, 0.6) is 5.75 Å². The Balaban J connectivity index is 1.27. The molecule has 0 saturated carbocycles. The van der Waals surface area contributed by atoms with Crippen molar-refractivity contribution in [3.05, 3.63) is 162 Å². The molecule has 5 aromatic carbocycles. The van der Waals surface area contributed by atoms with Gasteiger partial charge in [0.15, 0.2) is 0 Å². The standard InChI is InChI=1S/C43H37N5O6/c49-22-23-53-29-17-11-16-28(24-29)39-43(30-18-7-8-19-31(30)47-42(43)52)35(40(50)44-25-34-45-32-20-9-10-21-33(32)46-34)37-41(51)54-38(27-14-5-2-6-15-27)36(48(37)39)26-12-3-1-4-13-26/h1-21,24,35-39,49H,22-23,25H2,(H,44,50)(H,45,46)(H,47,52)/t35-,36-,37-,38+,39+,43-/m1/s1. The highest BCUT2D eigenvalue weighted by molar-refractivity contribution is 6.12. The zero-order valence-electron chi connectivity index (χ0n) is 29.1. The summed E-state index contributed by atoms with van der Waals surface area (Å²) in [4.78, 5) is 55.0. The van der Waals surface area contributed by atoms with Gasteiger partial charge >= 0.3 is 5.97 Å². The van der Waals surface area contributed by atoms with Gasteiger partial charge in [0.2, 0.25) is 11.8 Å². The van der Waals surface area contributed by atoms with E-state index in [4.69, 9.17) is 9.47 Å². The quantitative estimate of drug-likeness (QED) is 0.143. The minimum absolute atomic E-state index is 0.0367. The molecule has 0 bridgehead atoms. The number of rotatable bonds is 9. The molecule has 2 saturated heterocycles. The second-order valence-electron chi connectivity index (χ2n) is 13.8. The summed E-state index contributed by atoms with van der Waals surface area (Å²) in [6, 6.07) is 38.9. The van der Waals surface area contributed by atoms with E-state index in [2.05, 4.69) is 20.6 Å². The Morgan fingerprint density at radius 2 is 1.54 bits per heavy atom. The number of para-hydroxylation sites is 3. The number of hydrogen-bond acceptors (Lipinski definition) is 8. The number of hydrogen-bond donors (Lipinski definition) is 4. The van der Waals surface area contributed by atoms with Crippen LogP contribution in [0.4, 0.5) is 5.69 Å². The molecule has 4 N–H and O–H groups in total. The molecule has 9 rings (SSSR count). The first-order valence-electron chi connectivity index (χ1n) is 18.0. The van der Waals surface area contributed by atoms with Gasteiger partial charge in [0, 0.05) is 5.69 Å². The number of nitrogens with one attached hydrogen (secondary N) is 3. The van der Waals surface area contributed by atoms with Crippen molar-refractivity contribution in [3.63, 3.8) is 0 Å².